The molecule has 0 amide bonds. The Hall–Kier alpha value is -3.43. The molecule has 0 aliphatic heterocycles. The van der Waals surface area contributed by atoms with Gasteiger partial charge >= 0.3 is 6.18 Å². The molecule has 1 heterocycles. The minimum atomic E-state index is -4.53. The zero-order valence-electron chi connectivity index (χ0n) is 16.7. The summed E-state index contributed by atoms with van der Waals surface area (Å²) in [5.74, 6) is 0.634. The molecule has 0 aliphatic carbocycles. The maximum atomic E-state index is 13.5. The molecule has 2 N–H and O–H groups in total. The van der Waals surface area contributed by atoms with Gasteiger partial charge in [0.25, 0.3) is 0 Å². The molecule has 0 aliphatic rings. The predicted molar refractivity (Wildman–Crippen MR) is 115 cm³/mol. The van der Waals surface area contributed by atoms with Gasteiger partial charge in [-0.1, -0.05) is 30.3 Å². The minimum absolute atomic E-state index is 0.0955. The van der Waals surface area contributed by atoms with E-state index in [4.69, 9.17) is 9.88 Å². The second-order valence-corrected chi connectivity index (χ2v) is 8.73. The molecule has 32 heavy (non-hydrogen) atoms. The number of rotatable bonds is 4. The second-order valence-electron chi connectivity index (χ2n) is 7.17. The summed E-state index contributed by atoms with van der Waals surface area (Å²) in [6.45, 7) is 1.77. The van der Waals surface area contributed by atoms with Gasteiger partial charge in [0.2, 0.25) is 10.0 Å². The highest BCUT2D eigenvalue weighted by Gasteiger charge is 2.33. The Morgan fingerprint density at radius 3 is 2.28 bits per heavy atom. The molecule has 4 rings (SSSR count). The van der Waals surface area contributed by atoms with Crippen molar-refractivity contribution in [3.63, 3.8) is 0 Å². The number of fused-ring (bicyclic) bond motifs is 1. The van der Waals surface area contributed by atoms with Gasteiger partial charge in [-0.25, -0.2) is 13.6 Å². The van der Waals surface area contributed by atoms with Crippen LogP contribution in [0.25, 0.3) is 22.0 Å². The average Bonchev–Trinajstić information content (AvgIpc) is 2.72. The van der Waals surface area contributed by atoms with Crippen molar-refractivity contribution in [3.05, 3.63) is 84.1 Å². The lowest BCUT2D eigenvalue weighted by molar-refractivity contribution is -0.136. The zero-order valence-corrected chi connectivity index (χ0v) is 17.5. The fourth-order valence-corrected chi connectivity index (χ4v) is 4.05. The van der Waals surface area contributed by atoms with E-state index in [1.54, 1.807) is 43.3 Å². The van der Waals surface area contributed by atoms with Crippen molar-refractivity contribution in [2.45, 2.75) is 18.0 Å². The fraction of sp³-hybridized carbons (Fsp3) is 0.0870. The smallest absolute Gasteiger partial charge is 0.418 e. The third kappa shape index (κ3) is 4.30. The number of para-hydroxylation sites is 1. The number of nitrogens with two attached hydrogens (primary N) is 1. The molecule has 0 bridgehead atoms. The molecule has 0 atom stereocenters. The highest BCUT2D eigenvalue weighted by Crippen LogP contribution is 2.39. The first-order valence-electron chi connectivity index (χ1n) is 9.41. The summed E-state index contributed by atoms with van der Waals surface area (Å²) in [5.41, 5.74) is 1.00. The molecule has 3 aromatic carbocycles. The summed E-state index contributed by atoms with van der Waals surface area (Å²) in [7, 11) is -3.89. The largest absolute Gasteiger partial charge is 0.457 e. The van der Waals surface area contributed by atoms with Gasteiger partial charge in [0.15, 0.2) is 0 Å². The maximum Gasteiger partial charge on any atom is 0.418 e. The topological polar surface area (TPSA) is 82.3 Å². The molecule has 0 radical (unpaired) electrons. The quantitative estimate of drug-likeness (QED) is 0.427. The first-order chi connectivity index (χ1) is 15.0. The number of alkyl halides is 3. The van der Waals surface area contributed by atoms with Gasteiger partial charge < -0.3 is 4.74 Å². The van der Waals surface area contributed by atoms with Gasteiger partial charge in [0, 0.05) is 17.6 Å². The minimum Gasteiger partial charge on any atom is -0.457 e. The van der Waals surface area contributed by atoms with E-state index in [0.29, 0.717) is 27.8 Å². The van der Waals surface area contributed by atoms with Crippen molar-refractivity contribution in [3.8, 4) is 22.6 Å². The fourth-order valence-electron chi connectivity index (χ4n) is 3.50. The summed E-state index contributed by atoms with van der Waals surface area (Å²) >= 11 is 0. The summed E-state index contributed by atoms with van der Waals surface area (Å²) < 4.78 is 69.3. The van der Waals surface area contributed by atoms with Crippen LogP contribution in [0, 0.1) is 6.92 Å². The van der Waals surface area contributed by atoms with Gasteiger partial charge in [0.1, 0.15) is 11.5 Å². The van der Waals surface area contributed by atoms with Crippen LogP contribution in [0.5, 0.6) is 11.5 Å². The summed E-state index contributed by atoms with van der Waals surface area (Å²) in [5, 5.41) is 5.53. The number of aromatic nitrogens is 1. The summed E-state index contributed by atoms with van der Waals surface area (Å²) in [6.07, 6.45) is -3.12. The maximum absolute atomic E-state index is 13.5. The van der Waals surface area contributed by atoms with E-state index >= 15 is 0 Å². The Balaban J connectivity index is 1.80. The van der Waals surface area contributed by atoms with Gasteiger partial charge in [0.05, 0.1) is 16.0 Å². The number of nitrogens with zero attached hydrogens (tertiary/aromatic N) is 1. The van der Waals surface area contributed by atoms with E-state index in [0.717, 1.165) is 6.07 Å². The first-order valence-corrected chi connectivity index (χ1v) is 11.0. The van der Waals surface area contributed by atoms with Crippen molar-refractivity contribution >= 4 is 20.9 Å². The van der Waals surface area contributed by atoms with E-state index in [2.05, 4.69) is 4.98 Å². The molecule has 0 spiro atoms. The van der Waals surface area contributed by atoms with Crippen LogP contribution in [-0.2, 0) is 16.2 Å². The van der Waals surface area contributed by atoms with E-state index < -0.39 is 21.8 Å². The zero-order chi connectivity index (χ0) is 23.1. The molecule has 164 valence electrons. The van der Waals surface area contributed by atoms with Crippen LogP contribution >= 0.6 is 0 Å². The van der Waals surface area contributed by atoms with Crippen LogP contribution in [0.15, 0.2) is 77.8 Å². The molecule has 0 fully saturated rings. The highest BCUT2D eigenvalue weighted by atomic mass is 32.2. The summed E-state index contributed by atoms with van der Waals surface area (Å²) in [4.78, 5) is 3.94. The highest BCUT2D eigenvalue weighted by molar-refractivity contribution is 7.89. The van der Waals surface area contributed by atoms with Gasteiger partial charge in [-0.2, -0.15) is 13.2 Å². The van der Waals surface area contributed by atoms with Crippen molar-refractivity contribution < 1.29 is 26.3 Å². The number of benzene rings is 3. The normalized spacial score (nSPS) is 12.2. The third-order valence-corrected chi connectivity index (χ3v) is 5.80. The molecule has 0 saturated carbocycles. The molecule has 9 heteroatoms. The average molecular weight is 458 g/mol. The predicted octanol–water partition coefficient (Wildman–Crippen LogP) is 5.67. The molecule has 0 unspecified atom stereocenters. The van der Waals surface area contributed by atoms with Gasteiger partial charge in [-0.05, 0) is 53.9 Å². The third-order valence-electron chi connectivity index (χ3n) is 4.88. The number of hydrogen-bond acceptors (Lipinski definition) is 4. The number of aryl methyl sites for hydroxylation is 1. The number of sulfonamides is 1. The number of ether oxygens (including phenoxy) is 1. The van der Waals surface area contributed by atoms with E-state index in [1.165, 1.54) is 30.5 Å². The Kier molecular flexibility index (Phi) is 5.39. The molecule has 4 aromatic rings. The Bertz CT molecular complexity index is 1430. The Labute approximate surface area is 182 Å². The van der Waals surface area contributed by atoms with Crippen LogP contribution in [0.3, 0.4) is 0 Å². The Morgan fingerprint density at radius 2 is 1.59 bits per heavy atom. The van der Waals surface area contributed by atoms with Crippen molar-refractivity contribution in [1.82, 2.24) is 4.98 Å². The number of halogens is 3. The second kappa shape index (κ2) is 7.92. The van der Waals surface area contributed by atoms with E-state index in [9.17, 15) is 21.6 Å². The molecule has 5 nitrogen and oxygen atoms in total. The van der Waals surface area contributed by atoms with Gasteiger partial charge in [-0.3, -0.25) is 4.98 Å². The lowest BCUT2D eigenvalue weighted by Crippen LogP contribution is -2.11. The van der Waals surface area contributed by atoms with E-state index in [1.807, 2.05) is 0 Å². The first kappa shape index (κ1) is 21.8. The number of primary sulfonamides is 1. The van der Waals surface area contributed by atoms with Crippen molar-refractivity contribution in [1.29, 1.82) is 0 Å². The van der Waals surface area contributed by atoms with Crippen LogP contribution in [0.4, 0.5) is 13.2 Å². The van der Waals surface area contributed by atoms with Crippen LogP contribution in [0.2, 0.25) is 0 Å². The number of hydrogen-bond donors (Lipinski definition) is 1. The van der Waals surface area contributed by atoms with Crippen LogP contribution in [0.1, 0.15) is 11.1 Å². The van der Waals surface area contributed by atoms with Crippen LogP contribution in [-0.4, -0.2) is 13.4 Å². The molecule has 0 saturated heterocycles. The van der Waals surface area contributed by atoms with Crippen molar-refractivity contribution in [2.24, 2.45) is 5.14 Å². The molecule has 1 aromatic heterocycles. The lowest BCUT2D eigenvalue weighted by Gasteiger charge is -2.15. The molecular formula is C23H17F3N2O3S. The SMILES string of the molecule is Cc1cnc2c(C(F)(F)F)cccc2c1-c1cccc(Oc2cccc(S(N)(=O)=O)c2)c1. The van der Waals surface area contributed by atoms with Crippen LogP contribution < -0.4 is 9.88 Å². The summed E-state index contributed by atoms with van der Waals surface area (Å²) in [6, 6.07) is 16.5. The number of pyridine rings is 1. The van der Waals surface area contributed by atoms with Crippen molar-refractivity contribution in [2.75, 3.05) is 0 Å². The monoisotopic (exact) mass is 458 g/mol. The van der Waals surface area contributed by atoms with Gasteiger partial charge in [-0.15, -0.1) is 0 Å². The standard InChI is InChI=1S/C23H17F3N2O3S/c1-14-13-28-22-19(9-4-10-20(22)23(24,25)26)21(14)15-5-2-6-16(11-15)31-17-7-3-8-18(12-17)32(27,29)30/h2-13H,1H3,(H2,27,29,30). The molecular weight excluding hydrogens is 441 g/mol. The van der Waals surface area contributed by atoms with E-state index in [-0.39, 0.29) is 16.2 Å². The Morgan fingerprint density at radius 1 is 0.938 bits per heavy atom. The lowest BCUT2D eigenvalue weighted by atomic mass is 9.95.